The van der Waals surface area contributed by atoms with E-state index in [1.54, 1.807) is 18.4 Å². The van der Waals surface area contributed by atoms with Gasteiger partial charge in [-0.1, -0.05) is 24.0 Å². The predicted octanol–water partition coefficient (Wildman–Crippen LogP) is 4.43. The van der Waals surface area contributed by atoms with Crippen LogP contribution in [0.5, 0.6) is 0 Å². The monoisotopic (exact) mass is 397 g/mol. The van der Waals surface area contributed by atoms with Crippen LogP contribution in [0, 0.1) is 23.7 Å². The highest BCUT2D eigenvalue weighted by molar-refractivity contribution is 7.08. The van der Waals surface area contributed by atoms with Gasteiger partial charge in [-0.2, -0.15) is 11.3 Å². The topological polar surface area (TPSA) is 34.8 Å². The second kappa shape index (κ2) is 11.5. The third-order valence-electron chi connectivity index (χ3n) is 3.83. The molecule has 5 heteroatoms. The molecule has 2 aromatic rings. The van der Waals surface area contributed by atoms with E-state index in [0.29, 0.717) is 26.3 Å². The van der Waals surface area contributed by atoms with Crippen molar-refractivity contribution < 1.29 is 13.9 Å². The Hall–Kier alpha value is -2.28. The second-order valence-electron chi connectivity index (χ2n) is 6.78. The average molecular weight is 398 g/mol. The molecule has 0 fully saturated rings. The number of hydrogen-bond donors (Lipinski definition) is 0. The van der Waals surface area contributed by atoms with Crippen LogP contribution in [0.25, 0.3) is 6.08 Å². The summed E-state index contributed by atoms with van der Waals surface area (Å²) in [5, 5.41) is 4.16. The molecule has 0 saturated heterocycles. The quantitative estimate of drug-likeness (QED) is 0.463. The minimum absolute atomic E-state index is 0.461. The molecule has 28 heavy (non-hydrogen) atoms. The predicted molar refractivity (Wildman–Crippen MR) is 115 cm³/mol. The van der Waals surface area contributed by atoms with Crippen molar-refractivity contribution in [2.45, 2.75) is 32.6 Å². The van der Waals surface area contributed by atoms with E-state index in [1.807, 2.05) is 39.1 Å². The SMILES string of the molecule is COC(C)(C)C#CC#CCN(C)Cc1ccc(COCC=Cc2ccsc2)o1. The second-order valence-corrected chi connectivity index (χ2v) is 7.56. The first-order valence-corrected chi connectivity index (χ1v) is 10.0. The van der Waals surface area contributed by atoms with Gasteiger partial charge >= 0.3 is 0 Å². The van der Waals surface area contributed by atoms with Crippen LogP contribution in [0.4, 0.5) is 0 Å². The molecule has 0 aliphatic carbocycles. The standard InChI is InChI=1S/C23H27NO3S/c1-23(2,25-4)13-6-5-7-14-24(3)17-21-10-11-22(27-21)18-26-15-8-9-20-12-16-28-19-20/h8-12,16,19H,14-15,17-18H2,1-4H3. The van der Waals surface area contributed by atoms with E-state index in [1.165, 1.54) is 5.56 Å². The number of thiophene rings is 1. The summed E-state index contributed by atoms with van der Waals surface area (Å²) in [5.74, 6) is 13.4. The summed E-state index contributed by atoms with van der Waals surface area (Å²) < 4.78 is 16.7. The summed E-state index contributed by atoms with van der Waals surface area (Å²) in [6, 6.07) is 6.01. The summed E-state index contributed by atoms with van der Waals surface area (Å²) in [6.07, 6.45) is 4.07. The molecule has 4 nitrogen and oxygen atoms in total. The molecule has 0 aliphatic heterocycles. The third kappa shape index (κ3) is 8.61. The molecule has 0 aliphatic rings. The Morgan fingerprint density at radius 2 is 2.04 bits per heavy atom. The number of ether oxygens (including phenoxy) is 2. The van der Waals surface area contributed by atoms with Gasteiger partial charge in [0, 0.05) is 7.11 Å². The molecule has 0 atom stereocenters. The van der Waals surface area contributed by atoms with Crippen LogP contribution in [-0.2, 0) is 22.6 Å². The number of methoxy groups -OCH3 is 1. The van der Waals surface area contributed by atoms with Gasteiger partial charge in [0.05, 0.1) is 19.7 Å². The smallest absolute Gasteiger partial charge is 0.129 e. The molecular formula is C23H27NO3S. The number of rotatable bonds is 9. The van der Waals surface area contributed by atoms with Crippen LogP contribution in [-0.4, -0.2) is 37.8 Å². The maximum atomic E-state index is 5.81. The van der Waals surface area contributed by atoms with Gasteiger partial charge in [0.15, 0.2) is 0 Å². The molecular weight excluding hydrogens is 370 g/mol. The fourth-order valence-electron chi connectivity index (χ4n) is 2.14. The van der Waals surface area contributed by atoms with Crippen molar-refractivity contribution in [3.05, 3.63) is 52.1 Å². The van der Waals surface area contributed by atoms with Gasteiger partial charge in [0.2, 0.25) is 0 Å². The highest BCUT2D eigenvalue weighted by atomic mass is 32.1. The van der Waals surface area contributed by atoms with E-state index in [4.69, 9.17) is 13.9 Å². The van der Waals surface area contributed by atoms with Gasteiger partial charge in [-0.15, -0.1) is 0 Å². The van der Waals surface area contributed by atoms with Crippen molar-refractivity contribution in [2.75, 3.05) is 27.3 Å². The molecule has 0 saturated carbocycles. The van der Waals surface area contributed by atoms with E-state index in [9.17, 15) is 0 Å². The Morgan fingerprint density at radius 1 is 1.21 bits per heavy atom. The maximum Gasteiger partial charge on any atom is 0.129 e. The third-order valence-corrected chi connectivity index (χ3v) is 4.53. The lowest BCUT2D eigenvalue weighted by Gasteiger charge is -2.13. The van der Waals surface area contributed by atoms with Crippen LogP contribution >= 0.6 is 11.3 Å². The van der Waals surface area contributed by atoms with Gasteiger partial charge in [-0.05, 0) is 67.3 Å². The number of hydrogen-bond acceptors (Lipinski definition) is 5. The number of nitrogens with zero attached hydrogens (tertiary/aromatic N) is 1. The molecule has 0 unspecified atom stereocenters. The minimum Gasteiger partial charge on any atom is -0.462 e. The summed E-state index contributed by atoms with van der Waals surface area (Å²) in [6.45, 7) is 6.13. The van der Waals surface area contributed by atoms with Crippen molar-refractivity contribution in [3.63, 3.8) is 0 Å². The molecule has 0 radical (unpaired) electrons. The molecule has 0 spiro atoms. The van der Waals surface area contributed by atoms with Crippen LogP contribution < -0.4 is 0 Å². The first-order valence-electron chi connectivity index (χ1n) is 9.06. The summed E-state index contributed by atoms with van der Waals surface area (Å²) in [4.78, 5) is 2.07. The molecule has 2 rings (SSSR count). The zero-order valence-corrected chi connectivity index (χ0v) is 17.8. The Balaban J connectivity index is 1.69. The summed E-state index contributed by atoms with van der Waals surface area (Å²) >= 11 is 1.69. The van der Waals surface area contributed by atoms with E-state index < -0.39 is 5.60 Å². The Kier molecular flexibility index (Phi) is 9.07. The van der Waals surface area contributed by atoms with Crippen molar-refractivity contribution in [3.8, 4) is 23.7 Å². The molecule has 0 aromatic carbocycles. The molecule has 148 valence electrons. The van der Waals surface area contributed by atoms with E-state index in [0.717, 1.165) is 11.5 Å². The van der Waals surface area contributed by atoms with Gasteiger partial charge in [0.1, 0.15) is 23.7 Å². The van der Waals surface area contributed by atoms with Crippen molar-refractivity contribution >= 4 is 17.4 Å². The molecule has 0 N–H and O–H groups in total. The molecule has 2 aromatic heterocycles. The van der Waals surface area contributed by atoms with Gasteiger partial charge < -0.3 is 13.9 Å². The zero-order chi connectivity index (χ0) is 20.2. The summed E-state index contributed by atoms with van der Waals surface area (Å²) in [7, 11) is 3.63. The van der Waals surface area contributed by atoms with Gasteiger partial charge in [-0.25, -0.2) is 0 Å². The van der Waals surface area contributed by atoms with E-state index in [2.05, 4.69) is 51.5 Å². The molecule has 0 bridgehead atoms. The molecule has 2 heterocycles. The Morgan fingerprint density at radius 3 is 2.79 bits per heavy atom. The Labute approximate surface area is 172 Å². The van der Waals surface area contributed by atoms with Gasteiger partial charge in [-0.3, -0.25) is 4.90 Å². The van der Waals surface area contributed by atoms with Gasteiger partial charge in [0.25, 0.3) is 0 Å². The van der Waals surface area contributed by atoms with Crippen LogP contribution in [0.3, 0.4) is 0 Å². The fourth-order valence-corrected chi connectivity index (χ4v) is 2.77. The van der Waals surface area contributed by atoms with Crippen molar-refractivity contribution in [1.82, 2.24) is 4.90 Å². The molecule has 0 amide bonds. The lowest BCUT2D eigenvalue weighted by atomic mass is 10.1. The average Bonchev–Trinajstić information content (AvgIpc) is 3.33. The normalized spacial score (nSPS) is 11.3. The zero-order valence-electron chi connectivity index (χ0n) is 17.0. The first-order chi connectivity index (χ1) is 13.5. The fraction of sp³-hybridized carbons (Fsp3) is 0.391. The van der Waals surface area contributed by atoms with E-state index >= 15 is 0 Å². The Bertz CT molecular complexity index is 857. The van der Waals surface area contributed by atoms with Crippen molar-refractivity contribution in [2.24, 2.45) is 0 Å². The van der Waals surface area contributed by atoms with Crippen LogP contribution in [0.2, 0.25) is 0 Å². The minimum atomic E-state index is -0.465. The first kappa shape index (κ1) is 22.0. The highest BCUT2D eigenvalue weighted by Gasteiger charge is 2.10. The lowest BCUT2D eigenvalue weighted by Crippen LogP contribution is -2.19. The van der Waals surface area contributed by atoms with Crippen LogP contribution in [0.15, 0.2) is 39.5 Å². The maximum absolute atomic E-state index is 5.81. The van der Waals surface area contributed by atoms with Crippen LogP contribution in [0.1, 0.15) is 30.9 Å². The van der Waals surface area contributed by atoms with Crippen molar-refractivity contribution in [1.29, 1.82) is 0 Å². The lowest BCUT2D eigenvalue weighted by molar-refractivity contribution is 0.0742. The largest absolute Gasteiger partial charge is 0.462 e. The summed E-state index contributed by atoms with van der Waals surface area (Å²) in [5.41, 5.74) is 0.737. The highest BCUT2D eigenvalue weighted by Crippen LogP contribution is 2.11. The number of furan rings is 1. The van der Waals surface area contributed by atoms with E-state index in [-0.39, 0.29) is 0 Å².